The Kier molecular flexibility index (Phi) is 4.77. The van der Waals surface area contributed by atoms with Gasteiger partial charge in [-0.25, -0.2) is 4.79 Å². The first kappa shape index (κ1) is 14.6. The maximum absolute atomic E-state index is 11.9. The maximum Gasteiger partial charge on any atom is 0.326 e. The molecule has 1 aromatic rings. The minimum atomic E-state index is -0.938. The standard InChI is InChI=1S/C16H21NO3/c1-2-11-3-5-13(6-4-11)10-15(18)17-14(16(19)20)9-12-7-8-12/h3-6,12,14H,2,7-10H2,1H3,(H,17,18)(H,19,20). The van der Waals surface area contributed by atoms with E-state index in [-0.39, 0.29) is 12.3 Å². The lowest BCUT2D eigenvalue weighted by Crippen LogP contribution is -2.41. The summed E-state index contributed by atoms with van der Waals surface area (Å²) < 4.78 is 0. The SMILES string of the molecule is CCc1ccc(CC(=O)NC(CC2CC2)C(=O)O)cc1. The summed E-state index contributed by atoms with van der Waals surface area (Å²) in [6.45, 7) is 2.08. The topological polar surface area (TPSA) is 66.4 Å². The molecule has 20 heavy (non-hydrogen) atoms. The summed E-state index contributed by atoms with van der Waals surface area (Å²) in [5.74, 6) is -0.686. The Hall–Kier alpha value is -1.84. The number of amides is 1. The number of hydrogen-bond donors (Lipinski definition) is 2. The molecule has 1 aromatic carbocycles. The molecule has 1 aliphatic carbocycles. The summed E-state index contributed by atoms with van der Waals surface area (Å²) in [6, 6.07) is 7.11. The van der Waals surface area contributed by atoms with Crippen molar-refractivity contribution in [2.75, 3.05) is 0 Å². The summed E-state index contributed by atoms with van der Waals surface area (Å²) >= 11 is 0. The van der Waals surface area contributed by atoms with Gasteiger partial charge in [0, 0.05) is 0 Å². The Bertz CT molecular complexity index is 477. The number of rotatable bonds is 7. The average molecular weight is 275 g/mol. The van der Waals surface area contributed by atoms with Gasteiger partial charge in [0.2, 0.25) is 5.91 Å². The molecule has 0 heterocycles. The van der Waals surface area contributed by atoms with Crippen molar-refractivity contribution in [3.05, 3.63) is 35.4 Å². The van der Waals surface area contributed by atoms with Gasteiger partial charge in [0.05, 0.1) is 6.42 Å². The van der Waals surface area contributed by atoms with E-state index in [1.165, 1.54) is 5.56 Å². The van der Waals surface area contributed by atoms with Crippen LogP contribution in [-0.4, -0.2) is 23.0 Å². The fraction of sp³-hybridized carbons (Fsp3) is 0.500. The van der Waals surface area contributed by atoms with Crippen LogP contribution in [-0.2, 0) is 22.4 Å². The highest BCUT2D eigenvalue weighted by Gasteiger charge is 2.30. The molecule has 0 aromatic heterocycles. The van der Waals surface area contributed by atoms with Gasteiger partial charge in [-0.3, -0.25) is 4.79 Å². The van der Waals surface area contributed by atoms with Crippen LogP contribution in [0.5, 0.6) is 0 Å². The smallest absolute Gasteiger partial charge is 0.326 e. The summed E-state index contributed by atoms with van der Waals surface area (Å²) in [5, 5.41) is 11.7. The summed E-state index contributed by atoms with van der Waals surface area (Å²) in [7, 11) is 0. The van der Waals surface area contributed by atoms with Crippen molar-refractivity contribution in [3.63, 3.8) is 0 Å². The van der Waals surface area contributed by atoms with Gasteiger partial charge in [0.15, 0.2) is 0 Å². The second kappa shape index (κ2) is 6.55. The number of carbonyl (C=O) groups is 2. The van der Waals surface area contributed by atoms with Crippen molar-refractivity contribution in [2.45, 2.75) is 45.1 Å². The normalized spacial score (nSPS) is 15.7. The Morgan fingerprint density at radius 2 is 1.85 bits per heavy atom. The Morgan fingerprint density at radius 3 is 2.35 bits per heavy atom. The quantitative estimate of drug-likeness (QED) is 0.801. The number of aliphatic carboxylic acids is 1. The maximum atomic E-state index is 11.9. The summed E-state index contributed by atoms with van der Waals surface area (Å²) in [5.41, 5.74) is 2.14. The fourth-order valence-electron chi connectivity index (χ4n) is 2.23. The number of aryl methyl sites for hydroxylation is 1. The lowest BCUT2D eigenvalue weighted by Gasteiger charge is -2.14. The van der Waals surface area contributed by atoms with Crippen molar-refractivity contribution in [3.8, 4) is 0 Å². The highest BCUT2D eigenvalue weighted by atomic mass is 16.4. The van der Waals surface area contributed by atoms with Crippen molar-refractivity contribution in [1.82, 2.24) is 5.32 Å². The van der Waals surface area contributed by atoms with Crippen molar-refractivity contribution >= 4 is 11.9 Å². The lowest BCUT2D eigenvalue weighted by molar-refractivity contribution is -0.142. The van der Waals surface area contributed by atoms with Crippen LogP contribution in [0.2, 0.25) is 0 Å². The molecule has 0 saturated heterocycles. The second-order valence-electron chi connectivity index (χ2n) is 5.48. The molecule has 0 radical (unpaired) electrons. The molecule has 0 spiro atoms. The van der Waals surface area contributed by atoms with Crippen LogP contribution in [0, 0.1) is 5.92 Å². The molecule has 4 nitrogen and oxygen atoms in total. The van der Waals surface area contributed by atoms with E-state index in [2.05, 4.69) is 12.2 Å². The van der Waals surface area contributed by atoms with Crippen LogP contribution in [0.15, 0.2) is 24.3 Å². The van der Waals surface area contributed by atoms with Crippen LogP contribution >= 0.6 is 0 Å². The second-order valence-corrected chi connectivity index (χ2v) is 5.48. The van der Waals surface area contributed by atoms with E-state index in [4.69, 9.17) is 5.11 Å². The van der Waals surface area contributed by atoms with E-state index < -0.39 is 12.0 Å². The number of nitrogens with one attached hydrogen (secondary N) is 1. The van der Waals surface area contributed by atoms with Gasteiger partial charge in [0.25, 0.3) is 0 Å². The first-order valence-electron chi connectivity index (χ1n) is 7.18. The van der Waals surface area contributed by atoms with Gasteiger partial charge in [-0.1, -0.05) is 44.0 Å². The van der Waals surface area contributed by atoms with Crippen LogP contribution in [0.4, 0.5) is 0 Å². The lowest BCUT2D eigenvalue weighted by atomic mass is 10.1. The van der Waals surface area contributed by atoms with E-state index in [1.54, 1.807) is 0 Å². The highest BCUT2D eigenvalue weighted by molar-refractivity contribution is 5.84. The monoisotopic (exact) mass is 275 g/mol. The average Bonchev–Trinajstić information content (AvgIpc) is 3.22. The molecule has 1 fully saturated rings. The summed E-state index contributed by atoms with van der Waals surface area (Å²) in [4.78, 5) is 23.0. The Labute approximate surface area is 119 Å². The molecule has 1 atom stereocenters. The molecule has 2 N–H and O–H groups in total. The van der Waals surface area contributed by atoms with Crippen molar-refractivity contribution in [2.24, 2.45) is 5.92 Å². The van der Waals surface area contributed by atoms with Crippen LogP contribution < -0.4 is 5.32 Å². The van der Waals surface area contributed by atoms with E-state index in [0.717, 1.165) is 24.8 Å². The fourth-order valence-corrected chi connectivity index (χ4v) is 2.23. The minimum Gasteiger partial charge on any atom is -0.480 e. The van der Waals surface area contributed by atoms with Gasteiger partial charge in [0.1, 0.15) is 6.04 Å². The Balaban J connectivity index is 1.87. The molecule has 1 amide bonds. The first-order chi connectivity index (χ1) is 9.58. The van der Waals surface area contributed by atoms with Gasteiger partial charge >= 0.3 is 5.97 Å². The highest BCUT2D eigenvalue weighted by Crippen LogP contribution is 2.33. The predicted molar refractivity (Wildman–Crippen MR) is 76.4 cm³/mol. The molecule has 1 saturated carbocycles. The van der Waals surface area contributed by atoms with E-state index in [1.807, 2.05) is 24.3 Å². The largest absolute Gasteiger partial charge is 0.480 e. The summed E-state index contributed by atoms with van der Waals surface area (Å²) in [6.07, 6.45) is 3.92. The number of benzene rings is 1. The molecule has 1 aliphatic rings. The van der Waals surface area contributed by atoms with Crippen molar-refractivity contribution < 1.29 is 14.7 Å². The number of carbonyl (C=O) groups excluding carboxylic acids is 1. The molecule has 4 heteroatoms. The zero-order valence-electron chi connectivity index (χ0n) is 11.8. The third-order valence-corrected chi connectivity index (χ3v) is 3.70. The molecule has 108 valence electrons. The van der Waals surface area contributed by atoms with E-state index >= 15 is 0 Å². The third-order valence-electron chi connectivity index (χ3n) is 3.70. The zero-order chi connectivity index (χ0) is 14.5. The predicted octanol–water partition coefficient (Wildman–Crippen LogP) is 2.16. The molecular formula is C16H21NO3. The van der Waals surface area contributed by atoms with Gasteiger partial charge in [-0.15, -0.1) is 0 Å². The third kappa shape index (κ3) is 4.37. The molecular weight excluding hydrogens is 254 g/mol. The molecule has 0 bridgehead atoms. The van der Waals surface area contributed by atoms with Crippen LogP contribution in [0.25, 0.3) is 0 Å². The van der Waals surface area contributed by atoms with E-state index in [0.29, 0.717) is 12.3 Å². The Morgan fingerprint density at radius 1 is 1.25 bits per heavy atom. The van der Waals surface area contributed by atoms with Crippen LogP contribution in [0.1, 0.15) is 37.3 Å². The van der Waals surface area contributed by atoms with Crippen LogP contribution in [0.3, 0.4) is 0 Å². The molecule has 2 rings (SSSR count). The minimum absolute atomic E-state index is 0.220. The van der Waals surface area contributed by atoms with Crippen molar-refractivity contribution in [1.29, 1.82) is 0 Å². The first-order valence-corrected chi connectivity index (χ1v) is 7.18. The zero-order valence-corrected chi connectivity index (χ0v) is 11.8. The van der Waals surface area contributed by atoms with Gasteiger partial charge in [-0.05, 0) is 29.9 Å². The van der Waals surface area contributed by atoms with Gasteiger partial charge in [-0.2, -0.15) is 0 Å². The number of hydrogen-bond acceptors (Lipinski definition) is 2. The molecule has 0 aliphatic heterocycles. The van der Waals surface area contributed by atoms with Gasteiger partial charge < -0.3 is 10.4 Å². The van der Waals surface area contributed by atoms with E-state index in [9.17, 15) is 9.59 Å². The number of carboxylic acids is 1. The molecule has 1 unspecified atom stereocenters. The number of carboxylic acid groups (broad SMARTS) is 1.